The average molecular weight is 446 g/mol. The van der Waals surface area contributed by atoms with E-state index in [0.717, 1.165) is 31.4 Å². The Morgan fingerprint density at radius 1 is 1.10 bits per heavy atom. The van der Waals surface area contributed by atoms with E-state index in [1.54, 1.807) is 12.1 Å². The third kappa shape index (κ3) is 13.4. The van der Waals surface area contributed by atoms with Crippen LogP contribution in [-0.4, -0.2) is 34.5 Å². The first-order valence-electron chi connectivity index (χ1n) is 10.5. The Morgan fingerprint density at radius 2 is 1.77 bits per heavy atom. The van der Waals surface area contributed by atoms with E-state index in [2.05, 4.69) is 51.2 Å². The number of carboxylic acid groups (broad SMARTS) is 1. The highest BCUT2D eigenvalue weighted by Crippen LogP contribution is 2.13. The molecule has 1 heterocycles. The molecule has 5 nitrogen and oxygen atoms in total. The van der Waals surface area contributed by atoms with Crippen LogP contribution in [0, 0.1) is 0 Å². The zero-order chi connectivity index (χ0) is 23.1. The van der Waals surface area contributed by atoms with E-state index in [1.165, 1.54) is 46.9 Å². The van der Waals surface area contributed by atoms with E-state index in [0.29, 0.717) is 11.5 Å². The molecule has 0 bridgehead atoms. The number of hydrogen-bond acceptors (Lipinski definition) is 4. The van der Waals surface area contributed by atoms with Gasteiger partial charge in [0.05, 0.1) is 6.26 Å². The number of carbonyl (C=O) groups is 2. The molecule has 1 amide bonds. The van der Waals surface area contributed by atoms with Crippen molar-refractivity contribution in [2.45, 2.75) is 59.4 Å². The van der Waals surface area contributed by atoms with Crippen LogP contribution in [0.25, 0.3) is 6.08 Å². The number of aliphatic carboxylic acids is 1. The molecule has 1 aromatic heterocycles. The van der Waals surface area contributed by atoms with Crippen molar-refractivity contribution in [1.82, 2.24) is 5.32 Å². The molecule has 0 saturated heterocycles. The second kappa shape index (κ2) is 15.3. The molecule has 0 spiro atoms. The summed E-state index contributed by atoms with van der Waals surface area (Å²) in [5.41, 5.74) is 4.07. The van der Waals surface area contributed by atoms with E-state index >= 15 is 0 Å². The zero-order valence-electron chi connectivity index (χ0n) is 19.0. The lowest BCUT2D eigenvalue weighted by Gasteiger charge is -2.12. The van der Waals surface area contributed by atoms with Gasteiger partial charge in [-0.3, -0.25) is 4.79 Å². The van der Waals surface area contributed by atoms with Crippen molar-refractivity contribution in [3.05, 3.63) is 65.2 Å². The molecule has 2 N–H and O–H groups in total. The minimum atomic E-state index is -1.04. The Balaban J connectivity index is 2.33. The molecule has 0 aliphatic rings. The number of rotatable bonds is 14. The van der Waals surface area contributed by atoms with Gasteiger partial charge in [0.2, 0.25) is 5.91 Å². The first kappa shape index (κ1) is 26.6. The fourth-order valence-corrected chi connectivity index (χ4v) is 3.66. The summed E-state index contributed by atoms with van der Waals surface area (Å²) in [7, 11) is 0. The summed E-state index contributed by atoms with van der Waals surface area (Å²) in [4.78, 5) is 23.4. The molecule has 1 atom stereocenters. The number of amides is 1. The molecular formula is C25H35NO4S. The van der Waals surface area contributed by atoms with Crippen LogP contribution in [0.2, 0.25) is 0 Å². The summed E-state index contributed by atoms with van der Waals surface area (Å²) in [6.07, 6.45) is 15.2. The number of furan rings is 1. The predicted molar refractivity (Wildman–Crippen MR) is 130 cm³/mol. The van der Waals surface area contributed by atoms with Crippen LogP contribution in [0.3, 0.4) is 0 Å². The molecule has 1 rings (SSSR count). The number of hydrogen-bond donors (Lipinski definition) is 2. The molecule has 0 fully saturated rings. The van der Waals surface area contributed by atoms with Crippen LogP contribution >= 0.6 is 11.8 Å². The molecule has 0 aliphatic heterocycles. The molecule has 0 aliphatic carbocycles. The fraction of sp³-hybridized carbons (Fsp3) is 0.440. The number of allylic oxidation sites excluding steroid dienone is 5. The third-order valence-electron chi connectivity index (χ3n) is 4.51. The second-order valence-electron chi connectivity index (χ2n) is 7.75. The maximum absolute atomic E-state index is 11.9. The van der Waals surface area contributed by atoms with Gasteiger partial charge in [-0.1, -0.05) is 34.9 Å². The summed E-state index contributed by atoms with van der Waals surface area (Å²) in [5.74, 6) is 0.0688. The molecule has 0 unspecified atom stereocenters. The van der Waals surface area contributed by atoms with Crippen LogP contribution in [0.5, 0.6) is 0 Å². The van der Waals surface area contributed by atoms with Crippen molar-refractivity contribution in [1.29, 1.82) is 0 Å². The largest absolute Gasteiger partial charge is 0.480 e. The van der Waals surface area contributed by atoms with Crippen molar-refractivity contribution in [3.63, 3.8) is 0 Å². The predicted octanol–water partition coefficient (Wildman–Crippen LogP) is 6.01. The van der Waals surface area contributed by atoms with Gasteiger partial charge in [0, 0.05) is 17.6 Å². The Morgan fingerprint density at radius 3 is 2.39 bits per heavy atom. The van der Waals surface area contributed by atoms with Gasteiger partial charge in [0.15, 0.2) is 0 Å². The lowest BCUT2D eigenvalue weighted by Crippen LogP contribution is -2.41. The second-order valence-corrected chi connectivity index (χ2v) is 8.82. The van der Waals surface area contributed by atoms with Crippen LogP contribution in [0.4, 0.5) is 0 Å². The molecule has 0 aromatic carbocycles. The molecule has 6 heteroatoms. The summed E-state index contributed by atoms with van der Waals surface area (Å²) in [6, 6.07) is 2.50. The van der Waals surface area contributed by atoms with Crippen LogP contribution < -0.4 is 5.32 Å². The Hall–Kier alpha value is -2.47. The van der Waals surface area contributed by atoms with Gasteiger partial charge < -0.3 is 14.8 Å². The van der Waals surface area contributed by atoms with Crippen molar-refractivity contribution < 1.29 is 19.1 Å². The van der Waals surface area contributed by atoms with Crippen molar-refractivity contribution >= 4 is 29.7 Å². The van der Waals surface area contributed by atoms with Gasteiger partial charge >= 0.3 is 5.97 Å². The molecular weight excluding hydrogens is 410 g/mol. The van der Waals surface area contributed by atoms with Gasteiger partial charge in [-0.2, -0.15) is 11.8 Å². The zero-order valence-corrected chi connectivity index (χ0v) is 19.8. The average Bonchev–Trinajstić information content (AvgIpc) is 3.22. The number of thioether (sulfide) groups is 1. The van der Waals surface area contributed by atoms with E-state index in [1.807, 2.05) is 0 Å². The number of nitrogens with one attached hydrogen (secondary N) is 1. The quantitative estimate of drug-likeness (QED) is 0.208. The Bertz CT molecular complexity index is 799. The summed E-state index contributed by atoms with van der Waals surface area (Å²) < 4.78 is 5.11. The van der Waals surface area contributed by atoms with E-state index in [9.17, 15) is 14.7 Å². The van der Waals surface area contributed by atoms with Gasteiger partial charge in [0.25, 0.3) is 0 Å². The molecule has 1 aromatic rings. The Kier molecular flexibility index (Phi) is 13.2. The molecule has 170 valence electrons. The number of carboxylic acids is 1. The summed E-state index contributed by atoms with van der Waals surface area (Å²) >= 11 is 1.49. The van der Waals surface area contributed by atoms with Gasteiger partial charge in [-0.05, 0) is 71.6 Å². The normalized spacial score (nSPS) is 13.3. The van der Waals surface area contributed by atoms with Crippen LogP contribution in [-0.2, 0) is 9.59 Å². The SMILES string of the molecule is CC(C)=CCCC(C)=CCCC(C)=CCSC[C@H](NC(=O)C=Cc1ccco1)C(=O)O. The van der Waals surface area contributed by atoms with Crippen molar-refractivity contribution in [3.8, 4) is 0 Å². The van der Waals surface area contributed by atoms with Gasteiger partial charge in [-0.15, -0.1) is 0 Å². The van der Waals surface area contributed by atoms with Crippen molar-refractivity contribution in [2.75, 3.05) is 11.5 Å². The summed E-state index contributed by atoms with van der Waals surface area (Å²) in [6.45, 7) is 8.52. The lowest BCUT2D eigenvalue weighted by atomic mass is 10.1. The first-order chi connectivity index (χ1) is 14.8. The van der Waals surface area contributed by atoms with Gasteiger partial charge in [-0.25, -0.2) is 4.79 Å². The highest BCUT2D eigenvalue weighted by molar-refractivity contribution is 7.99. The maximum atomic E-state index is 11.9. The standard InChI is InChI=1S/C25H35NO4S/c1-19(2)8-5-9-20(3)10-6-11-21(4)15-17-31-18-23(25(28)29)26-24(27)14-13-22-12-7-16-30-22/h7-8,10,12-16,23H,5-6,9,11,17-18H2,1-4H3,(H,26,27)(H,28,29)/t23-/m0/s1. The third-order valence-corrected chi connectivity index (χ3v) is 5.49. The van der Waals surface area contributed by atoms with Gasteiger partial charge in [0.1, 0.15) is 11.8 Å². The maximum Gasteiger partial charge on any atom is 0.327 e. The van der Waals surface area contributed by atoms with Crippen LogP contribution in [0.15, 0.2) is 63.8 Å². The van der Waals surface area contributed by atoms with Crippen molar-refractivity contribution in [2.24, 2.45) is 0 Å². The topological polar surface area (TPSA) is 79.5 Å². The van der Waals surface area contributed by atoms with E-state index in [4.69, 9.17) is 4.42 Å². The summed E-state index contributed by atoms with van der Waals surface area (Å²) in [5, 5.41) is 11.9. The van der Waals surface area contributed by atoms with E-state index < -0.39 is 17.9 Å². The monoisotopic (exact) mass is 445 g/mol. The Labute approximate surface area is 190 Å². The smallest absolute Gasteiger partial charge is 0.327 e. The van der Waals surface area contributed by atoms with Crippen LogP contribution in [0.1, 0.15) is 59.1 Å². The molecule has 0 radical (unpaired) electrons. The first-order valence-corrected chi connectivity index (χ1v) is 11.7. The number of carbonyl (C=O) groups excluding carboxylic acids is 1. The highest BCUT2D eigenvalue weighted by Gasteiger charge is 2.18. The molecule has 31 heavy (non-hydrogen) atoms. The molecule has 0 saturated carbocycles. The minimum Gasteiger partial charge on any atom is -0.480 e. The lowest BCUT2D eigenvalue weighted by molar-refractivity contribution is -0.140. The highest BCUT2D eigenvalue weighted by atomic mass is 32.2. The van der Waals surface area contributed by atoms with E-state index in [-0.39, 0.29) is 0 Å². The fourth-order valence-electron chi connectivity index (χ4n) is 2.66. The minimum absolute atomic E-state index is 0.308.